The van der Waals surface area contributed by atoms with Gasteiger partial charge in [0.05, 0.1) is 24.8 Å². The van der Waals surface area contributed by atoms with Crippen LogP contribution in [0.15, 0.2) is 18.2 Å². The molecule has 1 aliphatic rings. The Balaban J connectivity index is 1.92. The van der Waals surface area contributed by atoms with Crippen LogP contribution in [0.25, 0.3) is 0 Å². The monoisotopic (exact) mass is 263 g/mol. The molecule has 1 saturated heterocycles. The highest BCUT2D eigenvalue weighted by Gasteiger charge is 2.13. The second-order valence-corrected chi connectivity index (χ2v) is 4.80. The summed E-state index contributed by atoms with van der Waals surface area (Å²) in [5.74, 6) is -0.389. The molecule has 4 nitrogen and oxygen atoms in total. The van der Waals surface area contributed by atoms with E-state index in [1.165, 1.54) is 12.1 Å². The molecule has 19 heavy (non-hydrogen) atoms. The van der Waals surface area contributed by atoms with E-state index in [1.807, 2.05) is 13.0 Å². The molecule has 0 saturated carbocycles. The van der Waals surface area contributed by atoms with Gasteiger partial charge in [0.15, 0.2) is 0 Å². The van der Waals surface area contributed by atoms with E-state index in [1.54, 1.807) is 6.07 Å². The molecule has 1 aliphatic heterocycles. The summed E-state index contributed by atoms with van der Waals surface area (Å²) in [5.41, 5.74) is 0.985. The molecule has 1 atom stereocenters. The van der Waals surface area contributed by atoms with Gasteiger partial charge in [-0.15, -0.1) is 0 Å². The second-order valence-electron chi connectivity index (χ2n) is 4.80. The van der Waals surface area contributed by atoms with Crippen molar-refractivity contribution in [3.63, 3.8) is 0 Å². The third kappa shape index (κ3) is 4.19. The van der Waals surface area contributed by atoms with Crippen molar-refractivity contribution < 1.29 is 9.13 Å². The van der Waals surface area contributed by atoms with Gasteiger partial charge in [-0.3, -0.25) is 4.90 Å². The Morgan fingerprint density at radius 2 is 2.16 bits per heavy atom. The van der Waals surface area contributed by atoms with E-state index in [9.17, 15) is 4.39 Å². The number of rotatable bonds is 4. The topological polar surface area (TPSA) is 48.3 Å². The Hall–Kier alpha value is -1.64. The van der Waals surface area contributed by atoms with Crippen LogP contribution in [-0.4, -0.2) is 43.8 Å². The molecular formula is C14H18FN3O. The van der Waals surface area contributed by atoms with Crippen molar-refractivity contribution >= 4 is 5.69 Å². The fraction of sp³-hybridized carbons (Fsp3) is 0.500. The van der Waals surface area contributed by atoms with Gasteiger partial charge in [-0.05, 0) is 25.1 Å². The number of nitrogens with one attached hydrogen (secondary N) is 1. The van der Waals surface area contributed by atoms with Crippen LogP contribution in [0.4, 0.5) is 10.1 Å². The Kier molecular flexibility index (Phi) is 4.72. The zero-order valence-electron chi connectivity index (χ0n) is 11.0. The minimum absolute atomic E-state index is 0.187. The Morgan fingerprint density at radius 3 is 2.84 bits per heavy atom. The highest BCUT2D eigenvalue weighted by molar-refractivity contribution is 5.50. The fourth-order valence-electron chi connectivity index (χ4n) is 2.24. The van der Waals surface area contributed by atoms with Gasteiger partial charge in [0.1, 0.15) is 5.82 Å². The maximum absolute atomic E-state index is 13.3. The first kappa shape index (κ1) is 13.8. The highest BCUT2D eigenvalue weighted by atomic mass is 19.1. The normalized spacial score (nSPS) is 17.7. The Labute approximate surface area is 112 Å². The van der Waals surface area contributed by atoms with E-state index in [-0.39, 0.29) is 11.9 Å². The molecule has 1 heterocycles. The van der Waals surface area contributed by atoms with Crippen molar-refractivity contribution in [3.8, 4) is 6.07 Å². The summed E-state index contributed by atoms with van der Waals surface area (Å²) in [4.78, 5) is 2.31. The number of nitriles is 1. The average molecular weight is 263 g/mol. The van der Waals surface area contributed by atoms with Gasteiger partial charge in [0, 0.05) is 31.4 Å². The number of hydrogen-bond acceptors (Lipinski definition) is 4. The first-order valence-electron chi connectivity index (χ1n) is 6.44. The van der Waals surface area contributed by atoms with Crippen LogP contribution in [0.5, 0.6) is 0 Å². The fourth-order valence-corrected chi connectivity index (χ4v) is 2.24. The molecule has 0 aromatic heterocycles. The molecule has 1 aromatic carbocycles. The van der Waals surface area contributed by atoms with E-state index in [0.29, 0.717) is 11.3 Å². The predicted molar refractivity (Wildman–Crippen MR) is 71.5 cm³/mol. The molecule has 1 aromatic rings. The molecular weight excluding hydrogens is 245 g/mol. The molecule has 0 radical (unpaired) electrons. The van der Waals surface area contributed by atoms with Crippen molar-refractivity contribution in [1.29, 1.82) is 5.26 Å². The van der Waals surface area contributed by atoms with Crippen molar-refractivity contribution in [2.75, 3.05) is 38.2 Å². The molecule has 0 amide bonds. The lowest BCUT2D eigenvalue weighted by atomic mass is 10.2. The lowest BCUT2D eigenvalue weighted by Crippen LogP contribution is -2.42. The molecule has 2 rings (SSSR count). The van der Waals surface area contributed by atoms with Crippen molar-refractivity contribution in [3.05, 3.63) is 29.6 Å². The molecule has 1 N–H and O–H groups in total. The summed E-state index contributed by atoms with van der Waals surface area (Å²) in [5, 5.41) is 12.0. The van der Waals surface area contributed by atoms with Gasteiger partial charge in [0.2, 0.25) is 0 Å². The maximum atomic E-state index is 13.3. The molecule has 5 heteroatoms. The van der Waals surface area contributed by atoms with Crippen molar-refractivity contribution in [1.82, 2.24) is 4.90 Å². The smallest absolute Gasteiger partial charge is 0.126 e. The number of hydrogen-bond donors (Lipinski definition) is 1. The first-order chi connectivity index (χ1) is 9.17. The first-order valence-corrected chi connectivity index (χ1v) is 6.44. The Bertz CT molecular complexity index is 466. The number of anilines is 1. The zero-order valence-corrected chi connectivity index (χ0v) is 11.0. The van der Waals surface area contributed by atoms with Gasteiger partial charge < -0.3 is 10.1 Å². The zero-order chi connectivity index (χ0) is 13.7. The van der Waals surface area contributed by atoms with E-state index in [0.717, 1.165) is 32.8 Å². The van der Waals surface area contributed by atoms with E-state index < -0.39 is 0 Å². The molecule has 1 unspecified atom stereocenters. The van der Waals surface area contributed by atoms with Crippen molar-refractivity contribution in [2.45, 2.75) is 13.0 Å². The van der Waals surface area contributed by atoms with E-state index >= 15 is 0 Å². The van der Waals surface area contributed by atoms with Crippen LogP contribution in [-0.2, 0) is 4.74 Å². The maximum Gasteiger partial charge on any atom is 0.126 e. The third-order valence-electron chi connectivity index (χ3n) is 3.08. The van der Waals surface area contributed by atoms with Crippen molar-refractivity contribution in [2.24, 2.45) is 0 Å². The second kappa shape index (κ2) is 6.50. The molecule has 0 spiro atoms. The number of morpholine rings is 1. The van der Waals surface area contributed by atoms with Crippen LogP contribution in [0, 0.1) is 17.1 Å². The standard InChI is InChI=1S/C14H18FN3O/c1-11(10-18-2-4-19-5-3-18)17-14-7-12(9-16)6-13(15)8-14/h6-8,11,17H,2-5,10H2,1H3. The van der Waals surface area contributed by atoms with Gasteiger partial charge in [-0.1, -0.05) is 0 Å². The summed E-state index contributed by atoms with van der Waals surface area (Å²) in [6.45, 7) is 6.32. The van der Waals surface area contributed by atoms with E-state index in [2.05, 4.69) is 10.2 Å². The summed E-state index contributed by atoms with van der Waals surface area (Å²) < 4.78 is 18.6. The van der Waals surface area contributed by atoms with Crippen LogP contribution in [0.3, 0.4) is 0 Å². The highest BCUT2D eigenvalue weighted by Crippen LogP contribution is 2.15. The van der Waals surface area contributed by atoms with Crippen LogP contribution < -0.4 is 5.32 Å². The summed E-state index contributed by atoms with van der Waals surface area (Å²) in [7, 11) is 0. The number of ether oxygens (including phenoxy) is 1. The van der Waals surface area contributed by atoms with Gasteiger partial charge in [0.25, 0.3) is 0 Å². The van der Waals surface area contributed by atoms with E-state index in [4.69, 9.17) is 10.00 Å². The molecule has 1 fully saturated rings. The van der Waals surface area contributed by atoms with Crippen LogP contribution in [0.1, 0.15) is 12.5 Å². The Morgan fingerprint density at radius 1 is 1.42 bits per heavy atom. The minimum Gasteiger partial charge on any atom is -0.381 e. The summed E-state index contributed by atoms with van der Waals surface area (Å²) in [6.07, 6.45) is 0. The summed E-state index contributed by atoms with van der Waals surface area (Å²) in [6, 6.07) is 6.46. The lowest BCUT2D eigenvalue weighted by Gasteiger charge is -2.29. The summed E-state index contributed by atoms with van der Waals surface area (Å²) >= 11 is 0. The SMILES string of the molecule is CC(CN1CCOCC1)Nc1cc(F)cc(C#N)c1. The molecule has 0 aliphatic carbocycles. The number of halogens is 1. The quantitative estimate of drug-likeness (QED) is 0.900. The molecule has 0 bridgehead atoms. The third-order valence-corrected chi connectivity index (χ3v) is 3.08. The average Bonchev–Trinajstić information content (AvgIpc) is 2.38. The number of benzene rings is 1. The van der Waals surface area contributed by atoms with Gasteiger partial charge in [-0.25, -0.2) is 4.39 Å². The predicted octanol–water partition coefficient (Wildman–Crippen LogP) is 1.83. The largest absolute Gasteiger partial charge is 0.381 e. The number of nitrogens with zero attached hydrogens (tertiary/aromatic N) is 2. The van der Waals surface area contributed by atoms with Gasteiger partial charge in [-0.2, -0.15) is 5.26 Å². The van der Waals surface area contributed by atoms with Crippen LogP contribution >= 0.6 is 0 Å². The van der Waals surface area contributed by atoms with Crippen LogP contribution in [0.2, 0.25) is 0 Å². The molecule has 102 valence electrons. The lowest BCUT2D eigenvalue weighted by molar-refractivity contribution is 0.0368. The van der Waals surface area contributed by atoms with Gasteiger partial charge >= 0.3 is 0 Å². The minimum atomic E-state index is -0.389.